The second-order valence-electron chi connectivity index (χ2n) is 6.07. The number of halogens is 2. The van der Waals surface area contributed by atoms with Gasteiger partial charge < -0.3 is 10.6 Å². The minimum Gasteiger partial charge on any atom is -0.351 e. The van der Waals surface area contributed by atoms with Gasteiger partial charge in [-0.1, -0.05) is 17.7 Å². The third kappa shape index (κ3) is 5.30. The number of aliphatic imine (C=N–C) groups is 1. The minimum atomic E-state index is -0.534. The first-order chi connectivity index (χ1) is 13.0. The van der Waals surface area contributed by atoms with Crippen LogP contribution in [0, 0.1) is 0 Å². The number of anilines is 2. The molecule has 2 N–H and O–H groups in total. The molecule has 2 heterocycles. The van der Waals surface area contributed by atoms with E-state index in [4.69, 9.17) is 11.6 Å². The van der Waals surface area contributed by atoms with Crippen molar-refractivity contribution in [2.24, 2.45) is 4.99 Å². The van der Waals surface area contributed by atoms with Gasteiger partial charge in [0.1, 0.15) is 16.7 Å². The molecule has 3 rings (SSSR count). The summed E-state index contributed by atoms with van der Waals surface area (Å²) in [6, 6.07) is 5.55. The molecule has 0 unspecified atom stereocenters. The molecule has 2 aromatic heterocycles. The monoisotopic (exact) mass is 387 g/mol. The molecule has 1 aliphatic rings. The quantitative estimate of drug-likeness (QED) is 0.416. The lowest BCUT2D eigenvalue weighted by atomic mass is 9.93. The molecule has 27 heavy (non-hydrogen) atoms. The predicted octanol–water partition coefficient (Wildman–Crippen LogP) is 4.38. The first kappa shape index (κ1) is 18.9. The second-order valence-corrected chi connectivity index (χ2v) is 6.46. The molecule has 0 spiro atoms. The van der Waals surface area contributed by atoms with Crippen LogP contribution in [0.1, 0.15) is 26.2 Å². The summed E-state index contributed by atoms with van der Waals surface area (Å²) in [7, 11) is 0. The van der Waals surface area contributed by atoms with Crippen LogP contribution < -0.4 is 10.6 Å². The fraction of sp³-hybridized carbons (Fsp3) is 0.278. The van der Waals surface area contributed by atoms with E-state index in [2.05, 4.69) is 42.3 Å². The van der Waals surface area contributed by atoms with Crippen molar-refractivity contribution in [2.75, 3.05) is 10.6 Å². The molecule has 0 aliphatic heterocycles. The van der Waals surface area contributed by atoms with Crippen LogP contribution in [-0.4, -0.2) is 32.7 Å². The highest BCUT2D eigenvalue weighted by molar-refractivity contribution is 6.29. The smallest absolute Gasteiger partial charge is 0.232 e. The maximum atomic E-state index is 13.6. The Labute approximate surface area is 161 Å². The highest BCUT2D eigenvalue weighted by Crippen LogP contribution is 2.24. The minimum absolute atomic E-state index is 0.275. The number of rotatable bonds is 7. The van der Waals surface area contributed by atoms with Gasteiger partial charge in [0.05, 0.1) is 6.20 Å². The van der Waals surface area contributed by atoms with E-state index in [1.54, 1.807) is 25.1 Å². The van der Waals surface area contributed by atoms with E-state index in [0.717, 1.165) is 19.0 Å². The van der Waals surface area contributed by atoms with Crippen molar-refractivity contribution in [3.8, 4) is 11.5 Å². The lowest BCUT2D eigenvalue weighted by Gasteiger charge is -2.26. The summed E-state index contributed by atoms with van der Waals surface area (Å²) >= 11 is 5.98. The van der Waals surface area contributed by atoms with Gasteiger partial charge in [-0.3, -0.25) is 4.99 Å². The van der Waals surface area contributed by atoms with Crippen molar-refractivity contribution in [2.45, 2.75) is 32.2 Å². The molecule has 1 aliphatic carbocycles. The number of nitrogens with one attached hydrogen (secondary N) is 2. The van der Waals surface area contributed by atoms with E-state index in [1.807, 2.05) is 0 Å². The topological polar surface area (TPSA) is 88.0 Å². The van der Waals surface area contributed by atoms with Crippen LogP contribution in [0.2, 0.25) is 5.15 Å². The molecule has 0 aromatic carbocycles. The first-order valence-electron chi connectivity index (χ1n) is 8.46. The number of pyridine rings is 1. The van der Waals surface area contributed by atoms with Crippen molar-refractivity contribution < 1.29 is 4.39 Å². The molecule has 1 fully saturated rings. The standard InChI is InChI=1S/C18H19ClFN7/c1-11(9-12(20)10-21-2)22-17-25-16(14-7-4-8-15(19)24-14)26-18(27-17)23-13-5-3-6-13/h4,7-10,13H,2-3,5-6H2,1H3,(H2,22,23,25,26,27)/b11-9+,12-10+. The number of hydrogen-bond acceptors (Lipinski definition) is 7. The predicted molar refractivity (Wildman–Crippen MR) is 105 cm³/mol. The zero-order chi connectivity index (χ0) is 19.2. The summed E-state index contributed by atoms with van der Waals surface area (Å²) in [5.41, 5.74) is 1.02. The fourth-order valence-electron chi connectivity index (χ4n) is 2.42. The molecule has 0 saturated heterocycles. The number of allylic oxidation sites excluding steroid dienone is 3. The molecular formula is C18H19ClFN7. The summed E-state index contributed by atoms with van der Waals surface area (Å²) in [6.07, 6.45) is 5.62. The molecule has 0 atom stereocenters. The van der Waals surface area contributed by atoms with Gasteiger partial charge in [-0.25, -0.2) is 9.37 Å². The second kappa shape index (κ2) is 8.68. The average Bonchev–Trinajstić information content (AvgIpc) is 2.58. The molecule has 0 amide bonds. The van der Waals surface area contributed by atoms with Gasteiger partial charge in [0.2, 0.25) is 11.9 Å². The average molecular weight is 388 g/mol. The van der Waals surface area contributed by atoms with Crippen molar-refractivity contribution in [3.63, 3.8) is 0 Å². The molecule has 140 valence electrons. The first-order valence-corrected chi connectivity index (χ1v) is 8.83. The lowest BCUT2D eigenvalue weighted by Crippen LogP contribution is -2.28. The van der Waals surface area contributed by atoms with E-state index in [9.17, 15) is 4.39 Å². The molecule has 7 nitrogen and oxygen atoms in total. The summed E-state index contributed by atoms with van der Waals surface area (Å²) in [5.74, 6) is 0.546. The Bertz CT molecular complexity index is 893. The Kier molecular flexibility index (Phi) is 6.08. The Morgan fingerprint density at radius 3 is 2.70 bits per heavy atom. The Balaban J connectivity index is 1.91. The SMILES string of the molecule is C=N/C=C(F)\C=C(/C)Nc1nc(NC2CCC2)nc(-c2cccc(Cl)n2)n1. The zero-order valence-corrected chi connectivity index (χ0v) is 15.5. The highest BCUT2D eigenvalue weighted by atomic mass is 35.5. The molecule has 1 saturated carbocycles. The van der Waals surface area contributed by atoms with E-state index in [-0.39, 0.29) is 5.95 Å². The number of aromatic nitrogens is 4. The van der Waals surface area contributed by atoms with Crippen molar-refractivity contribution in [1.29, 1.82) is 0 Å². The Morgan fingerprint density at radius 2 is 2.04 bits per heavy atom. The van der Waals surface area contributed by atoms with Crippen LogP contribution in [0.15, 0.2) is 47.0 Å². The van der Waals surface area contributed by atoms with Crippen molar-refractivity contribution in [3.05, 3.63) is 47.2 Å². The van der Waals surface area contributed by atoms with Crippen LogP contribution >= 0.6 is 11.6 Å². The fourth-order valence-corrected chi connectivity index (χ4v) is 2.59. The van der Waals surface area contributed by atoms with E-state index >= 15 is 0 Å². The van der Waals surface area contributed by atoms with Gasteiger partial charge in [-0.05, 0) is 51.1 Å². The summed E-state index contributed by atoms with van der Waals surface area (Å²) < 4.78 is 13.6. The van der Waals surface area contributed by atoms with Gasteiger partial charge in [-0.15, -0.1) is 0 Å². The normalized spacial score (nSPS) is 15.2. The third-order valence-electron chi connectivity index (χ3n) is 3.90. The van der Waals surface area contributed by atoms with Crippen LogP contribution in [0.3, 0.4) is 0 Å². The largest absolute Gasteiger partial charge is 0.351 e. The van der Waals surface area contributed by atoms with E-state index in [1.165, 1.54) is 12.5 Å². The van der Waals surface area contributed by atoms with E-state index < -0.39 is 5.83 Å². The van der Waals surface area contributed by atoms with Crippen molar-refractivity contribution in [1.82, 2.24) is 19.9 Å². The van der Waals surface area contributed by atoms with Gasteiger partial charge in [0, 0.05) is 11.7 Å². The molecule has 2 aromatic rings. The molecule has 0 radical (unpaired) electrons. The maximum absolute atomic E-state index is 13.6. The Hall–Kier alpha value is -2.87. The van der Waals surface area contributed by atoms with Crippen LogP contribution in [0.25, 0.3) is 11.5 Å². The highest BCUT2D eigenvalue weighted by Gasteiger charge is 2.19. The zero-order valence-electron chi connectivity index (χ0n) is 14.8. The molecule has 0 bridgehead atoms. The van der Waals surface area contributed by atoms with E-state index in [0.29, 0.717) is 34.4 Å². The maximum Gasteiger partial charge on any atom is 0.232 e. The van der Waals surface area contributed by atoms with Crippen LogP contribution in [0.5, 0.6) is 0 Å². The van der Waals surface area contributed by atoms with Gasteiger partial charge >= 0.3 is 0 Å². The van der Waals surface area contributed by atoms with Crippen LogP contribution in [0.4, 0.5) is 16.3 Å². The molecule has 9 heteroatoms. The van der Waals surface area contributed by atoms with Gasteiger partial charge in [0.25, 0.3) is 0 Å². The molecular weight excluding hydrogens is 369 g/mol. The summed E-state index contributed by atoms with van der Waals surface area (Å²) in [6.45, 7) is 4.91. The van der Waals surface area contributed by atoms with Gasteiger partial charge in [-0.2, -0.15) is 15.0 Å². The number of hydrogen-bond donors (Lipinski definition) is 2. The van der Waals surface area contributed by atoms with Gasteiger partial charge in [0.15, 0.2) is 5.82 Å². The van der Waals surface area contributed by atoms with Crippen LogP contribution in [-0.2, 0) is 0 Å². The third-order valence-corrected chi connectivity index (χ3v) is 4.11. The van der Waals surface area contributed by atoms with Crippen molar-refractivity contribution >= 4 is 30.2 Å². The Morgan fingerprint density at radius 1 is 1.26 bits per heavy atom. The summed E-state index contributed by atoms with van der Waals surface area (Å²) in [4.78, 5) is 20.8. The summed E-state index contributed by atoms with van der Waals surface area (Å²) in [5, 5.41) is 6.59. The lowest BCUT2D eigenvalue weighted by molar-refractivity contribution is 0.443. The number of nitrogens with zero attached hydrogens (tertiary/aromatic N) is 5.